The van der Waals surface area contributed by atoms with Crippen molar-refractivity contribution in [2.75, 3.05) is 6.61 Å². The molecule has 1 aromatic carbocycles. The van der Waals surface area contributed by atoms with Crippen LogP contribution in [0.1, 0.15) is 11.3 Å². The Labute approximate surface area is 122 Å². The third-order valence-corrected chi connectivity index (χ3v) is 3.12. The number of nitrogens with one attached hydrogen (secondary N) is 1. The van der Waals surface area contributed by atoms with Gasteiger partial charge < -0.3 is 10.1 Å². The molecule has 20 heavy (non-hydrogen) atoms. The molecule has 0 aliphatic rings. The van der Waals surface area contributed by atoms with E-state index >= 15 is 0 Å². The molecular weight excluding hydrogens is 276 g/mol. The number of carbonyl (C=O) groups excluding carboxylic acids is 1. The van der Waals surface area contributed by atoms with E-state index in [9.17, 15) is 4.79 Å². The number of rotatable bonds is 5. The lowest BCUT2D eigenvalue weighted by atomic mass is 10.2. The monoisotopic (exact) mass is 290 g/mol. The molecule has 1 N–H and O–H groups in total. The van der Waals surface area contributed by atoms with Crippen molar-refractivity contribution in [3.63, 3.8) is 0 Å². The van der Waals surface area contributed by atoms with Gasteiger partial charge in [-0.1, -0.05) is 17.7 Å². The van der Waals surface area contributed by atoms with Crippen molar-refractivity contribution >= 4 is 17.5 Å². The average Bonchev–Trinajstić information content (AvgIpc) is 2.47. The fraction of sp³-hybridized carbons (Fsp3) is 0.200. The van der Waals surface area contributed by atoms with E-state index in [-0.39, 0.29) is 12.5 Å². The Bertz CT molecular complexity index is 588. The molecule has 2 aromatic rings. The van der Waals surface area contributed by atoms with Crippen molar-refractivity contribution in [1.82, 2.24) is 10.3 Å². The number of aromatic nitrogens is 1. The van der Waals surface area contributed by atoms with E-state index in [2.05, 4.69) is 10.3 Å². The Morgan fingerprint density at radius 1 is 1.35 bits per heavy atom. The Morgan fingerprint density at radius 2 is 2.20 bits per heavy atom. The summed E-state index contributed by atoms with van der Waals surface area (Å²) >= 11 is 5.92. The third kappa shape index (κ3) is 4.24. The van der Waals surface area contributed by atoms with Crippen LogP contribution in [-0.2, 0) is 11.3 Å². The van der Waals surface area contributed by atoms with Gasteiger partial charge in [-0.2, -0.15) is 0 Å². The minimum atomic E-state index is -0.191. The molecule has 104 valence electrons. The lowest BCUT2D eigenvalue weighted by molar-refractivity contribution is -0.123. The van der Waals surface area contributed by atoms with Gasteiger partial charge in [0.2, 0.25) is 0 Å². The summed E-state index contributed by atoms with van der Waals surface area (Å²) in [6.07, 6.45) is 1.69. The van der Waals surface area contributed by atoms with Crippen LogP contribution < -0.4 is 10.1 Å². The summed E-state index contributed by atoms with van der Waals surface area (Å²) in [6.45, 7) is 2.24. The van der Waals surface area contributed by atoms with E-state index < -0.39 is 0 Å². The number of carbonyl (C=O) groups is 1. The number of amides is 1. The summed E-state index contributed by atoms with van der Waals surface area (Å²) in [6, 6.07) is 10.8. The molecule has 0 bridgehead atoms. The molecule has 0 atom stereocenters. The van der Waals surface area contributed by atoms with Gasteiger partial charge in [-0.25, -0.2) is 0 Å². The van der Waals surface area contributed by atoms with E-state index in [1.54, 1.807) is 24.4 Å². The lowest BCUT2D eigenvalue weighted by Crippen LogP contribution is -2.28. The molecule has 0 saturated heterocycles. The zero-order valence-corrected chi connectivity index (χ0v) is 11.9. The fourth-order valence-corrected chi connectivity index (χ4v) is 1.72. The molecule has 1 amide bonds. The number of hydrogen-bond donors (Lipinski definition) is 1. The number of aryl methyl sites for hydroxylation is 1. The van der Waals surface area contributed by atoms with E-state index in [1.807, 2.05) is 25.1 Å². The molecule has 0 fully saturated rings. The van der Waals surface area contributed by atoms with Gasteiger partial charge in [0.05, 0.1) is 12.2 Å². The van der Waals surface area contributed by atoms with Gasteiger partial charge in [0.1, 0.15) is 5.75 Å². The second-order valence-electron chi connectivity index (χ2n) is 4.30. The Balaban J connectivity index is 1.79. The first-order chi connectivity index (χ1) is 9.65. The zero-order valence-electron chi connectivity index (χ0n) is 11.1. The molecule has 0 unspecified atom stereocenters. The molecule has 1 heterocycles. The van der Waals surface area contributed by atoms with Crippen LogP contribution >= 0.6 is 11.6 Å². The highest BCUT2D eigenvalue weighted by atomic mass is 35.5. The summed E-state index contributed by atoms with van der Waals surface area (Å²) < 4.78 is 5.40. The summed E-state index contributed by atoms with van der Waals surface area (Å²) in [5.41, 5.74) is 1.72. The molecule has 1 aromatic heterocycles. The standard InChI is InChI=1S/C15H15ClN2O2/c1-11-8-13(5-6-14(11)16)20-10-15(19)18-9-12-4-2-3-7-17-12/h2-8H,9-10H2,1H3,(H,18,19). The Morgan fingerprint density at radius 3 is 2.90 bits per heavy atom. The highest BCUT2D eigenvalue weighted by molar-refractivity contribution is 6.31. The van der Waals surface area contributed by atoms with E-state index in [0.717, 1.165) is 11.3 Å². The zero-order chi connectivity index (χ0) is 14.4. The minimum absolute atomic E-state index is 0.0338. The van der Waals surface area contributed by atoms with Gasteiger partial charge in [-0.05, 0) is 42.8 Å². The number of nitrogens with zero attached hydrogens (tertiary/aromatic N) is 1. The van der Waals surface area contributed by atoms with Crippen molar-refractivity contribution in [3.8, 4) is 5.75 Å². The van der Waals surface area contributed by atoms with Crippen LogP contribution in [0.15, 0.2) is 42.6 Å². The number of halogens is 1. The summed E-state index contributed by atoms with van der Waals surface area (Å²) in [4.78, 5) is 15.8. The molecule has 0 aliphatic heterocycles. The first-order valence-electron chi connectivity index (χ1n) is 6.21. The van der Waals surface area contributed by atoms with E-state index in [1.165, 1.54) is 0 Å². The first kappa shape index (κ1) is 14.3. The molecule has 4 nitrogen and oxygen atoms in total. The van der Waals surface area contributed by atoms with Crippen molar-refractivity contribution in [1.29, 1.82) is 0 Å². The predicted octanol–water partition coefficient (Wildman–Crippen LogP) is 2.74. The maximum Gasteiger partial charge on any atom is 0.258 e. The van der Waals surface area contributed by atoms with Gasteiger partial charge >= 0.3 is 0 Å². The number of benzene rings is 1. The van der Waals surface area contributed by atoms with Crippen molar-refractivity contribution in [2.24, 2.45) is 0 Å². The highest BCUT2D eigenvalue weighted by Crippen LogP contribution is 2.20. The molecular formula is C15H15ClN2O2. The maximum absolute atomic E-state index is 11.7. The van der Waals surface area contributed by atoms with Crippen molar-refractivity contribution < 1.29 is 9.53 Å². The Kier molecular flexibility index (Phi) is 4.96. The topological polar surface area (TPSA) is 51.2 Å². The largest absolute Gasteiger partial charge is 0.484 e. The molecule has 0 radical (unpaired) electrons. The number of hydrogen-bond acceptors (Lipinski definition) is 3. The molecule has 0 aliphatic carbocycles. The second kappa shape index (κ2) is 6.91. The summed E-state index contributed by atoms with van der Waals surface area (Å²) in [5.74, 6) is 0.433. The Hall–Kier alpha value is -2.07. The van der Waals surface area contributed by atoms with Gasteiger partial charge in [0, 0.05) is 11.2 Å². The average molecular weight is 291 g/mol. The van der Waals surface area contributed by atoms with Crippen LogP contribution in [0.5, 0.6) is 5.75 Å². The van der Waals surface area contributed by atoms with Crippen LogP contribution in [0.25, 0.3) is 0 Å². The van der Waals surface area contributed by atoms with Crippen molar-refractivity contribution in [3.05, 3.63) is 58.9 Å². The first-order valence-corrected chi connectivity index (χ1v) is 6.58. The second-order valence-corrected chi connectivity index (χ2v) is 4.70. The van der Waals surface area contributed by atoms with Gasteiger partial charge in [0.25, 0.3) is 5.91 Å². The SMILES string of the molecule is Cc1cc(OCC(=O)NCc2ccccn2)ccc1Cl. The lowest BCUT2D eigenvalue weighted by Gasteiger charge is -2.08. The van der Waals surface area contributed by atoms with Crippen LogP contribution in [0.3, 0.4) is 0 Å². The number of pyridine rings is 1. The smallest absolute Gasteiger partial charge is 0.258 e. The predicted molar refractivity (Wildman–Crippen MR) is 77.8 cm³/mol. The highest BCUT2D eigenvalue weighted by Gasteiger charge is 2.04. The van der Waals surface area contributed by atoms with E-state index in [0.29, 0.717) is 17.3 Å². The van der Waals surface area contributed by atoms with Gasteiger partial charge in [-0.15, -0.1) is 0 Å². The van der Waals surface area contributed by atoms with Crippen molar-refractivity contribution in [2.45, 2.75) is 13.5 Å². The van der Waals surface area contributed by atoms with E-state index in [4.69, 9.17) is 16.3 Å². The maximum atomic E-state index is 11.7. The normalized spacial score (nSPS) is 10.1. The molecule has 2 rings (SSSR count). The van der Waals surface area contributed by atoms with Crippen LogP contribution in [0.4, 0.5) is 0 Å². The summed E-state index contributed by atoms with van der Waals surface area (Å²) in [7, 11) is 0. The molecule has 0 spiro atoms. The number of ether oxygens (including phenoxy) is 1. The molecule has 0 saturated carbocycles. The van der Waals surface area contributed by atoms with Gasteiger partial charge in [-0.3, -0.25) is 9.78 Å². The quantitative estimate of drug-likeness (QED) is 0.921. The van der Waals surface area contributed by atoms with Crippen LogP contribution in [0.2, 0.25) is 5.02 Å². The van der Waals surface area contributed by atoms with Gasteiger partial charge in [0.15, 0.2) is 6.61 Å². The fourth-order valence-electron chi connectivity index (χ4n) is 1.60. The summed E-state index contributed by atoms with van der Waals surface area (Å²) in [5, 5.41) is 3.42. The molecule has 5 heteroatoms. The third-order valence-electron chi connectivity index (χ3n) is 2.69. The van der Waals surface area contributed by atoms with Crippen LogP contribution in [0, 0.1) is 6.92 Å². The van der Waals surface area contributed by atoms with Crippen LogP contribution in [-0.4, -0.2) is 17.5 Å². The minimum Gasteiger partial charge on any atom is -0.484 e.